The zero-order chi connectivity index (χ0) is 12.7. The molecule has 0 spiro atoms. The van der Waals surface area contributed by atoms with Gasteiger partial charge in [0.2, 0.25) is 0 Å². The summed E-state index contributed by atoms with van der Waals surface area (Å²) in [6.07, 6.45) is 1.32. The standard InChI is InChI=1S/C11H16N4O3/c16-5-7-3-15(4-8(7)17)2-6-1-12-10-9(6)13-14-11(10)18/h1,7-8,12,16-17H,2-5H2,(H2,13,14,18). The third-order valence-electron chi connectivity index (χ3n) is 3.60. The van der Waals surface area contributed by atoms with E-state index in [4.69, 9.17) is 5.11 Å². The average Bonchev–Trinajstić information content (AvgIpc) is 2.99. The van der Waals surface area contributed by atoms with Gasteiger partial charge in [0.15, 0.2) is 0 Å². The van der Waals surface area contributed by atoms with Crippen molar-refractivity contribution in [3.63, 3.8) is 0 Å². The van der Waals surface area contributed by atoms with Gasteiger partial charge in [-0.25, -0.2) is 0 Å². The molecule has 1 saturated heterocycles. The lowest BCUT2D eigenvalue weighted by atomic mass is 10.1. The summed E-state index contributed by atoms with van der Waals surface area (Å²) in [5, 5.41) is 24.2. The fourth-order valence-electron chi connectivity index (χ4n) is 2.58. The monoisotopic (exact) mass is 252 g/mol. The highest BCUT2D eigenvalue weighted by Crippen LogP contribution is 2.21. The van der Waals surface area contributed by atoms with Crippen molar-refractivity contribution in [2.24, 2.45) is 5.92 Å². The van der Waals surface area contributed by atoms with Gasteiger partial charge in [-0.3, -0.25) is 19.9 Å². The first-order chi connectivity index (χ1) is 8.69. The highest BCUT2D eigenvalue weighted by Gasteiger charge is 2.30. The predicted molar refractivity (Wildman–Crippen MR) is 65.1 cm³/mol. The number of likely N-dealkylation sites (tertiary alicyclic amines) is 1. The molecule has 1 fully saturated rings. The Balaban J connectivity index is 1.79. The lowest BCUT2D eigenvalue weighted by molar-refractivity contribution is 0.103. The molecule has 0 amide bonds. The van der Waals surface area contributed by atoms with Crippen LogP contribution in [0.2, 0.25) is 0 Å². The molecular formula is C11H16N4O3. The fourth-order valence-corrected chi connectivity index (χ4v) is 2.58. The van der Waals surface area contributed by atoms with Crippen molar-refractivity contribution in [1.82, 2.24) is 20.1 Å². The maximum atomic E-state index is 11.4. The smallest absolute Gasteiger partial charge is 0.288 e. The number of aliphatic hydroxyl groups is 2. The van der Waals surface area contributed by atoms with Crippen molar-refractivity contribution in [2.75, 3.05) is 19.7 Å². The van der Waals surface area contributed by atoms with E-state index in [9.17, 15) is 9.90 Å². The van der Waals surface area contributed by atoms with Crippen LogP contribution in [0.1, 0.15) is 5.56 Å². The summed E-state index contributed by atoms with van der Waals surface area (Å²) in [6, 6.07) is 0. The summed E-state index contributed by atoms with van der Waals surface area (Å²) >= 11 is 0. The largest absolute Gasteiger partial charge is 0.396 e. The van der Waals surface area contributed by atoms with Crippen molar-refractivity contribution in [3.05, 3.63) is 22.1 Å². The molecule has 1 aliphatic rings. The van der Waals surface area contributed by atoms with Gasteiger partial charge >= 0.3 is 0 Å². The Morgan fingerprint density at radius 1 is 1.33 bits per heavy atom. The van der Waals surface area contributed by atoms with Gasteiger partial charge in [-0.1, -0.05) is 0 Å². The molecule has 2 unspecified atom stereocenters. The molecule has 2 aromatic rings. The molecular weight excluding hydrogens is 236 g/mol. The van der Waals surface area contributed by atoms with E-state index >= 15 is 0 Å². The molecule has 3 heterocycles. The Labute approximate surface area is 102 Å². The van der Waals surface area contributed by atoms with Gasteiger partial charge in [-0.15, -0.1) is 0 Å². The molecule has 0 radical (unpaired) electrons. The van der Waals surface area contributed by atoms with E-state index in [1.807, 2.05) is 0 Å². The van der Waals surface area contributed by atoms with Gasteiger partial charge in [0.1, 0.15) is 5.52 Å². The molecule has 2 atom stereocenters. The van der Waals surface area contributed by atoms with E-state index in [0.29, 0.717) is 25.2 Å². The number of H-pyrrole nitrogens is 3. The second-order valence-electron chi connectivity index (χ2n) is 4.85. The number of nitrogens with one attached hydrogen (secondary N) is 3. The summed E-state index contributed by atoms with van der Waals surface area (Å²) < 4.78 is 0. The Morgan fingerprint density at radius 3 is 2.89 bits per heavy atom. The number of fused-ring (bicyclic) bond motifs is 1. The van der Waals surface area contributed by atoms with Gasteiger partial charge in [0.05, 0.1) is 11.6 Å². The third-order valence-corrected chi connectivity index (χ3v) is 3.60. The Hall–Kier alpha value is -1.57. The van der Waals surface area contributed by atoms with Gasteiger partial charge in [-0.2, -0.15) is 0 Å². The van der Waals surface area contributed by atoms with E-state index in [0.717, 1.165) is 11.1 Å². The maximum absolute atomic E-state index is 11.4. The number of hydrogen-bond acceptors (Lipinski definition) is 4. The number of aromatic nitrogens is 3. The Bertz CT molecular complexity index is 599. The van der Waals surface area contributed by atoms with Gasteiger partial charge < -0.3 is 15.2 Å². The highest BCUT2D eigenvalue weighted by molar-refractivity contribution is 5.77. The van der Waals surface area contributed by atoms with Crippen LogP contribution in [0, 0.1) is 5.92 Å². The molecule has 98 valence electrons. The molecule has 1 aliphatic heterocycles. The average molecular weight is 252 g/mol. The van der Waals surface area contributed by atoms with E-state index in [2.05, 4.69) is 20.1 Å². The van der Waals surface area contributed by atoms with Crippen LogP contribution in [0.3, 0.4) is 0 Å². The summed E-state index contributed by atoms with van der Waals surface area (Å²) in [5.41, 5.74) is 2.14. The number of aliphatic hydroxyl groups excluding tert-OH is 2. The molecule has 2 aromatic heterocycles. The van der Waals surface area contributed by atoms with Crippen molar-refractivity contribution in [1.29, 1.82) is 0 Å². The Morgan fingerprint density at radius 2 is 2.17 bits per heavy atom. The van der Waals surface area contributed by atoms with Crippen LogP contribution < -0.4 is 5.56 Å². The van der Waals surface area contributed by atoms with Crippen molar-refractivity contribution in [2.45, 2.75) is 12.6 Å². The number of rotatable bonds is 3. The lowest BCUT2D eigenvalue weighted by Crippen LogP contribution is -2.21. The zero-order valence-corrected chi connectivity index (χ0v) is 9.81. The number of aromatic amines is 3. The van der Waals surface area contributed by atoms with Crippen LogP contribution in [0.25, 0.3) is 11.0 Å². The van der Waals surface area contributed by atoms with Gasteiger partial charge in [0.25, 0.3) is 5.56 Å². The minimum atomic E-state index is -0.477. The number of β-amino-alcohol motifs (C(OH)–C–C–N with tert-alkyl or cyclic N) is 1. The van der Waals surface area contributed by atoms with Gasteiger partial charge in [-0.05, 0) is 0 Å². The number of hydrogen-bond donors (Lipinski definition) is 5. The zero-order valence-electron chi connectivity index (χ0n) is 9.81. The molecule has 0 bridgehead atoms. The minimum absolute atomic E-state index is 0.00119. The van der Waals surface area contributed by atoms with E-state index in [1.54, 1.807) is 6.20 Å². The molecule has 5 N–H and O–H groups in total. The SMILES string of the molecule is O=c1[nH][nH]c2c(CN3CC(O)C(CO)C3)c[nH]c12. The quantitative estimate of drug-likeness (QED) is 0.481. The summed E-state index contributed by atoms with van der Waals surface area (Å²) in [5.74, 6) is -0.0790. The third kappa shape index (κ3) is 1.76. The fraction of sp³-hybridized carbons (Fsp3) is 0.545. The Kier molecular flexibility index (Phi) is 2.73. The van der Waals surface area contributed by atoms with Crippen LogP contribution >= 0.6 is 0 Å². The van der Waals surface area contributed by atoms with Crippen LogP contribution in [0.5, 0.6) is 0 Å². The van der Waals surface area contributed by atoms with Crippen molar-refractivity contribution >= 4 is 11.0 Å². The van der Waals surface area contributed by atoms with Crippen LogP contribution in [0.4, 0.5) is 0 Å². The summed E-state index contributed by atoms with van der Waals surface area (Å²) in [6.45, 7) is 1.86. The topological polar surface area (TPSA) is 108 Å². The molecule has 7 heteroatoms. The first-order valence-corrected chi connectivity index (χ1v) is 5.97. The predicted octanol–water partition coefficient (Wildman–Crippen LogP) is -1.03. The lowest BCUT2D eigenvalue weighted by Gasteiger charge is -2.13. The van der Waals surface area contributed by atoms with Crippen molar-refractivity contribution < 1.29 is 10.2 Å². The summed E-state index contributed by atoms with van der Waals surface area (Å²) in [7, 11) is 0. The van der Waals surface area contributed by atoms with Crippen LogP contribution in [0.15, 0.2) is 11.0 Å². The molecule has 0 aromatic carbocycles. The van der Waals surface area contributed by atoms with E-state index in [-0.39, 0.29) is 18.1 Å². The van der Waals surface area contributed by atoms with E-state index < -0.39 is 6.10 Å². The minimum Gasteiger partial charge on any atom is -0.396 e. The van der Waals surface area contributed by atoms with Crippen LogP contribution in [-0.2, 0) is 6.54 Å². The second kappa shape index (κ2) is 4.27. The normalized spacial score (nSPS) is 25.2. The second-order valence-corrected chi connectivity index (χ2v) is 4.85. The highest BCUT2D eigenvalue weighted by atomic mass is 16.3. The van der Waals surface area contributed by atoms with Crippen molar-refractivity contribution in [3.8, 4) is 0 Å². The number of nitrogens with zero attached hydrogens (tertiary/aromatic N) is 1. The van der Waals surface area contributed by atoms with E-state index in [1.165, 1.54) is 0 Å². The van der Waals surface area contributed by atoms with Crippen LogP contribution in [-0.4, -0.2) is 56.1 Å². The first kappa shape index (κ1) is 11.5. The summed E-state index contributed by atoms with van der Waals surface area (Å²) in [4.78, 5) is 16.4. The first-order valence-electron chi connectivity index (χ1n) is 5.97. The molecule has 18 heavy (non-hydrogen) atoms. The molecule has 0 saturated carbocycles. The van der Waals surface area contributed by atoms with Gasteiger partial charge in [0, 0.05) is 43.9 Å². The molecule has 7 nitrogen and oxygen atoms in total. The maximum Gasteiger partial charge on any atom is 0.288 e. The molecule has 3 rings (SSSR count). The molecule has 0 aliphatic carbocycles.